The molecular weight excluding hydrogens is 272 g/mol. The number of pyridine rings is 1. The van der Waals surface area contributed by atoms with E-state index in [1.165, 1.54) is 13.3 Å². The minimum Gasteiger partial charge on any atom is -0.469 e. The minimum atomic E-state index is -0.494. The average Bonchev–Trinajstić information content (AvgIpc) is 2.53. The number of nitrogens with zero attached hydrogens (tertiary/aromatic N) is 2. The summed E-state index contributed by atoms with van der Waals surface area (Å²) in [5, 5.41) is 14.3. The van der Waals surface area contributed by atoms with E-state index in [2.05, 4.69) is 20.4 Å². The van der Waals surface area contributed by atoms with Gasteiger partial charge in [-0.25, -0.2) is 0 Å². The molecule has 1 rings (SSSR count). The topological polar surface area (TPSA) is 104 Å². The average molecular weight is 288 g/mol. The second kappa shape index (κ2) is 9.09. The Bertz CT molecular complexity index is 549. The molecule has 0 aliphatic rings. The first-order valence-electron chi connectivity index (χ1n) is 6.25. The fraction of sp³-hybridized carbons (Fsp3) is 0.286. The van der Waals surface area contributed by atoms with E-state index in [-0.39, 0.29) is 31.1 Å². The maximum atomic E-state index is 11.8. The van der Waals surface area contributed by atoms with Gasteiger partial charge in [-0.05, 0) is 11.6 Å². The maximum Gasteiger partial charge on any atom is 0.307 e. The molecule has 0 atom stereocenters. The van der Waals surface area contributed by atoms with Crippen LogP contribution in [-0.2, 0) is 20.9 Å². The van der Waals surface area contributed by atoms with Gasteiger partial charge in [0.25, 0.3) is 5.91 Å². The highest BCUT2D eigenvalue weighted by Gasteiger charge is 2.08. The molecule has 2 N–H and O–H groups in total. The maximum absolute atomic E-state index is 11.8. The number of amides is 1. The molecule has 0 radical (unpaired) electrons. The number of hydrogen-bond acceptors (Lipinski definition) is 6. The van der Waals surface area contributed by atoms with Crippen LogP contribution in [0, 0.1) is 11.3 Å². The molecule has 1 aromatic heterocycles. The third kappa shape index (κ3) is 6.20. The van der Waals surface area contributed by atoms with E-state index in [1.807, 2.05) is 6.07 Å². The predicted molar refractivity (Wildman–Crippen MR) is 74.4 cm³/mol. The molecular formula is C14H16N4O3. The number of nitrogens with one attached hydrogen (secondary N) is 2. The smallest absolute Gasteiger partial charge is 0.307 e. The molecule has 1 amide bonds. The monoisotopic (exact) mass is 288 g/mol. The van der Waals surface area contributed by atoms with Gasteiger partial charge >= 0.3 is 5.97 Å². The number of hydrogen-bond donors (Lipinski definition) is 2. The Morgan fingerprint density at radius 2 is 2.33 bits per heavy atom. The highest BCUT2D eigenvalue weighted by molar-refractivity contribution is 5.97. The lowest BCUT2D eigenvalue weighted by Crippen LogP contribution is -2.25. The molecule has 1 aromatic rings. The van der Waals surface area contributed by atoms with Crippen LogP contribution in [0.15, 0.2) is 36.3 Å². The highest BCUT2D eigenvalue weighted by Crippen LogP contribution is 1.97. The van der Waals surface area contributed by atoms with Crippen LogP contribution in [-0.4, -0.2) is 30.5 Å². The van der Waals surface area contributed by atoms with Crippen LogP contribution in [0.2, 0.25) is 0 Å². The summed E-state index contributed by atoms with van der Waals surface area (Å²) in [5.74, 6) is -0.859. The predicted octanol–water partition coefficient (Wildman–Crippen LogP) is 0.258. The van der Waals surface area contributed by atoms with Crippen LogP contribution in [0.4, 0.5) is 0 Å². The lowest BCUT2D eigenvalue weighted by atomic mass is 10.2. The van der Waals surface area contributed by atoms with E-state index in [0.717, 1.165) is 5.56 Å². The molecule has 0 saturated carbocycles. The van der Waals surface area contributed by atoms with Gasteiger partial charge < -0.3 is 15.4 Å². The fourth-order valence-corrected chi connectivity index (χ4v) is 1.38. The Morgan fingerprint density at radius 3 is 2.95 bits per heavy atom. The van der Waals surface area contributed by atoms with Crippen LogP contribution in [0.5, 0.6) is 0 Å². The van der Waals surface area contributed by atoms with E-state index >= 15 is 0 Å². The quantitative estimate of drug-likeness (QED) is 0.323. The van der Waals surface area contributed by atoms with Gasteiger partial charge in [-0.2, -0.15) is 5.26 Å². The Kier molecular flexibility index (Phi) is 7.00. The van der Waals surface area contributed by atoms with Crippen LogP contribution < -0.4 is 10.6 Å². The summed E-state index contributed by atoms with van der Waals surface area (Å²) in [7, 11) is 1.30. The largest absolute Gasteiger partial charge is 0.469 e. The van der Waals surface area contributed by atoms with Crippen molar-refractivity contribution in [3.05, 3.63) is 41.9 Å². The van der Waals surface area contributed by atoms with Crippen molar-refractivity contribution in [2.45, 2.75) is 13.0 Å². The zero-order valence-electron chi connectivity index (χ0n) is 11.6. The van der Waals surface area contributed by atoms with Gasteiger partial charge in [0.1, 0.15) is 11.6 Å². The molecule has 110 valence electrons. The summed E-state index contributed by atoms with van der Waals surface area (Å²) in [6.07, 6.45) is 4.70. The lowest BCUT2D eigenvalue weighted by molar-refractivity contribution is -0.140. The molecule has 0 unspecified atom stereocenters. The van der Waals surface area contributed by atoms with Crippen molar-refractivity contribution in [1.82, 2.24) is 15.6 Å². The van der Waals surface area contributed by atoms with E-state index in [0.29, 0.717) is 0 Å². The SMILES string of the molecule is COC(=O)CCN/C=C(/C#N)C(=O)NCc1cccnc1. The summed E-state index contributed by atoms with van der Waals surface area (Å²) in [6.45, 7) is 0.571. The summed E-state index contributed by atoms with van der Waals surface area (Å²) in [6, 6.07) is 5.37. The number of carbonyl (C=O) groups is 2. The van der Waals surface area contributed by atoms with Crippen molar-refractivity contribution in [2.24, 2.45) is 0 Å². The van der Waals surface area contributed by atoms with Crippen molar-refractivity contribution in [3.63, 3.8) is 0 Å². The van der Waals surface area contributed by atoms with Crippen LogP contribution in [0.3, 0.4) is 0 Å². The molecule has 1 heterocycles. The standard InChI is InChI=1S/C14H16N4O3/c1-21-13(19)4-6-17-10-12(7-15)14(20)18-9-11-3-2-5-16-8-11/h2-3,5,8,10,17H,4,6,9H2,1H3,(H,18,20)/b12-10-. The van der Waals surface area contributed by atoms with Gasteiger partial charge in [0.05, 0.1) is 13.5 Å². The van der Waals surface area contributed by atoms with Crippen molar-refractivity contribution in [2.75, 3.05) is 13.7 Å². The number of rotatable bonds is 7. The first-order chi connectivity index (χ1) is 10.2. The number of nitriles is 1. The van der Waals surface area contributed by atoms with Gasteiger partial charge in [-0.3, -0.25) is 14.6 Å². The number of ether oxygens (including phenoxy) is 1. The van der Waals surface area contributed by atoms with E-state index in [1.54, 1.807) is 24.5 Å². The fourth-order valence-electron chi connectivity index (χ4n) is 1.38. The molecule has 0 spiro atoms. The highest BCUT2D eigenvalue weighted by atomic mass is 16.5. The third-order valence-corrected chi connectivity index (χ3v) is 2.49. The summed E-state index contributed by atoms with van der Waals surface area (Å²) in [5.41, 5.74) is 0.769. The molecule has 0 aromatic carbocycles. The number of esters is 1. The molecule has 0 aliphatic carbocycles. The number of carbonyl (C=O) groups excluding carboxylic acids is 2. The summed E-state index contributed by atoms with van der Waals surface area (Å²) < 4.78 is 4.47. The Morgan fingerprint density at radius 1 is 1.52 bits per heavy atom. The Balaban J connectivity index is 2.42. The third-order valence-electron chi connectivity index (χ3n) is 2.49. The molecule has 7 nitrogen and oxygen atoms in total. The van der Waals surface area contributed by atoms with Gasteiger partial charge in [-0.15, -0.1) is 0 Å². The number of methoxy groups -OCH3 is 1. The Hall–Kier alpha value is -2.88. The summed E-state index contributed by atoms with van der Waals surface area (Å²) in [4.78, 5) is 26.6. The van der Waals surface area contributed by atoms with Crippen LogP contribution in [0.25, 0.3) is 0 Å². The molecule has 0 bridgehead atoms. The zero-order valence-corrected chi connectivity index (χ0v) is 11.6. The second-order valence-electron chi connectivity index (χ2n) is 3.99. The van der Waals surface area contributed by atoms with Crippen molar-refractivity contribution < 1.29 is 14.3 Å². The lowest BCUT2D eigenvalue weighted by Gasteiger charge is -2.04. The van der Waals surface area contributed by atoms with E-state index in [4.69, 9.17) is 5.26 Å². The first-order valence-corrected chi connectivity index (χ1v) is 6.25. The van der Waals surface area contributed by atoms with Crippen LogP contribution in [0.1, 0.15) is 12.0 Å². The molecule has 0 fully saturated rings. The van der Waals surface area contributed by atoms with Crippen molar-refractivity contribution in [3.8, 4) is 6.07 Å². The first kappa shape index (κ1) is 16.2. The van der Waals surface area contributed by atoms with Crippen LogP contribution >= 0.6 is 0 Å². The summed E-state index contributed by atoms with van der Waals surface area (Å²) >= 11 is 0. The van der Waals surface area contributed by atoms with Gasteiger partial charge in [0, 0.05) is 31.7 Å². The van der Waals surface area contributed by atoms with Crippen molar-refractivity contribution in [1.29, 1.82) is 5.26 Å². The molecule has 21 heavy (non-hydrogen) atoms. The van der Waals surface area contributed by atoms with Gasteiger partial charge in [0.15, 0.2) is 0 Å². The van der Waals surface area contributed by atoms with E-state index in [9.17, 15) is 9.59 Å². The second-order valence-corrected chi connectivity index (χ2v) is 3.99. The van der Waals surface area contributed by atoms with Gasteiger partial charge in [0.2, 0.25) is 0 Å². The molecule has 0 saturated heterocycles. The molecule has 7 heteroatoms. The zero-order chi connectivity index (χ0) is 15.5. The van der Waals surface area contributed by atoms with Crippen molar-refractivity contribution >= 4 is 11.9 Å². The molecule has 0 aliphatic heterocycles. The minimum absolute atomic E-state index is 0.0660. The van der Waals surface area contributed by atoms with Gasteiger partial charge in [-0.1, -0.05) is 6.07 Å². The Labute approximate surface area is 122 Å². The van der Waals surface area contributed by atoms with E-state index < -0.39 is 5.91 Å². The normalized spacial score (nSPS) is 10.4. The number of aromatic nitrogens is 1.